The Morgan fingerprint density at radius 2 is 1.90 bits per heavy atom. The molecule has 0 atom stereocenters. The number of carbonyl (C=O) groups is 1. The van der Waals surface area contributed by atoms with E-state index in [2.05, 4.69) is 53.0 Å². The fourth-order valence-corrected chi connectivity index (χ4v) is 2.34. The van der Waals surface area contributed by atoms with E-state index in [0.717, 1.165) is 32.6 Å². The van der Waals surface area contributed by atoms with Crippen molar-refractivity contribution in [3.8, 4) is 0 Å². The summed E-state index contributed by atoms with van der Waals surface area (Å²) in [5.74, 6) is -0.112. The van der Waals surface area contributed by atoms with Crippen LogP contribution in [0.3, 0.4) is 0 Å². The summed E-state index contributed by atoms with van der Waals surface area (Å²) in [5, 5.41) is 2.79. The average molecular weight is 273 g/mol. The second-order valence-electron chi connectivity index (χ2n) is 5.20. The number of hydrogen-bond donors (Lipinski definition) is 1. The fourth-order valence-electron chi connectivity index (χ4n) is 2.34. The van der Waals surface area contributed by atoms with Crippen molar-refractivity contribution in [2.24, 2.45) is 0 Å². The number of piperazine rings is 1. The van der Waals surface area contributed by atoms with Gasteiger partial charge >= 0.3 is 0 Å². The van der Waals surface area contributed by atoms with Crippen LogP contribution < -0.4 is 10.2 Å². The van der Waals surface area contributed by atoms with Crippen molar-refractivity contribution in [3.63, 3.8) is 0 Å². The van der Waals surface area contributed by atoms with Gasteiger partial charge in [0, 0.05) is 38.4 Å². The van der Waals surface area contributed by atoms with Gasteiger partial charge in [-0.1, -0.05) is 18.7 Å². The minimum atomic E-state index is -0.112. The smallest absolute Gasteiger partial charge is 0.243 e. The molecule has 0 saturated carbocycles. The normalized spacial score (nSPS) is 15.9. The third-order valence-corrected chi connectivity index (χ3v) is 3.70. The van der Waals surface area contributed by atoms with Crippen LogP contribution in [0.2, 0.25) is 0 Å². The molecule has 1 amide bonds. The predicted octanol–water partition coefficient (Wildman–Crippen LogP) is 1.28. The maximum atomic E-state index is 11.0. The molecule has 0 spiro atoms. The second-order valence-corrected chi connectivity index (χ2v) is 5.20. The van der Waals surface area contributed by atoms with Gasteiger partial charge in [-0.15, -0.1) is 0 Å². The number of hydrogen-bond acceptors (Lipinski definition) is 3. The number of carbonyl (C=O) groups excluding carboxylic acids is 1. The van der Waals surface area contributed by atoms with E-state index in [1.54, 1.807) is 0 Å². The summed E-state index contributed by atoms with van der Waals surface area (Å²) in [4.78, 5) is 15.8. The van der Waals surface area contributed by atoms with E-state index >= 15 is 0 Å². The van der Waals surface area contributed by atoms with Gasteiger partial charge in [-0.25, -0.2) is 0 Å². The van der Waals surface area contributed by atoms with Gasteiger partial charge in [-0.2, -0.15) is 0 Å². The molecule has 0 bridgehead atoms. The maximum absolute atomic E-state index is 11.0. The van der Waals surface area contributed by atoms with E-state index in [4.69, 9.17) is 0 Å². The Labute approximate surface area is 121 Å². The Kier molecular flexibility index (Phi) is 5.18. The molecule has 0 radical (unpaired) electrons. The van der Waals surface area contributed by atoms with Gasteiger partial charge in [0.2, 0.25) is 5.91 Å². The summed E-state index contributed by atoms with van der Waals surface area (Å²) >= 11 is 0. The number of amides is 1. The molecule has 1 heterocycles. The summed E-state index contributed by atoms with van der Waals surface area (Å²) < 4.78 is 0. The lowest BCUT2D eigenvalue weighted by molar-refractivity contribution is -0.116. The van der Waals surface area contributed by atoms with E-state index < -0.39 is 0 Å². The van der Waals surface area contributed by atoms with Gasteiger partial charge in [-0.05, 0) is 37.2 Å². The highest BCUT2D eigenvalue weighted by atomic mass is 16.1. The predicted molar refractivity (Wildman–Crippen MR) is 83.1 cm³/mol. The number of nitrogens with zero attached hydrogens (tertiary/aromatic N) is 2. The fraction of sp³-hybridized carbons (Fsp3) is 0.438. The van der Waals surface area contributed by atoms with Gasteiger partial charge in [0.25, 0.3) is 0 Å². The van der Waals surface area contributed by atoms with Gasteiger partial charge in [0.05, 0.1) is 0 Å². The molecule has 4 nitrogen and oxygen atoms in total. The highest BCUT2D eigenvalue weighted by Gasteiger charge is 2.13. The molecule has 0 unspecified atom stereocenters. The van der Waals surface area contributed by atoms with E-state index in [0.29, 0.717) is 6.54 Å². The Morgan fingerprint density at radius 1 is 1.25 bits per heavy atom. The maximum Gasteiger partial charge on any atom is 0.243 e. The summed E-state index contributed by atoms with van der Waals surface area (Å²) in [6.07, 6.45) is 2.15. The molecule has 108 valence electrons. The third kappa shape index (κ3) is 4.10. The van der Waals surface area contributed by atoms with Crippen molar-refractivity contribution >= 4 is 11.6 Å². The Bertz CT molecular complexity index is 447. The van der Waals surface area contributed by atoms with Crippen LogP contribution >= 0.6 is 0 Å². The molecule has 1 aliphatic rings. The van der Waals surface area contributed by atoms with Crippen molar-refractivity contribution in [1.82, 2.24) is 10.2 Å². The zero-order chi connectivity index (χ0) is 14.4. The van der Waals surface area contributed by atoms with Crippen LogP contribution in [-0.2, 0) is 11.2 Å². The topological polar surface area (TPSA) is 35.6 Å². The van der Waals surface area contributed by atoms with Crippen LogP contribution in [0.25, 0.3) is 0 Å². The molecular formula is C16H23N3O. The molecule has 1 saturated heterocycles. The number of nitrogens with one attached hydrogen (secondary N) is 1. The van der Waals surface area contributed by atoms with Gasteiger partial charge in [0.15, 0.2) is 0 Å². The van der Waals surface area contributed by atoms with Crippen LogP contribution in [0.4, 0.5) is 5.69 Å². The molecule has 1 aromatic carbocycles. The van der Waals surface area contributed by atoms with E-state index in [9.17, 15) is 4.79 Å². The first-order valence-electron chi connectivity index (χ1n) is 7.12. The van der Waals surface area contributed by atoms with Gasteiger partial charge in [-0.3, -0.25) is 4.79 Å². The second kappa shape index (κ2) is 7.10. The number of rotatable bonds is 5. The van der Waals surface area contributed by atoms with Crippen molar-refractivity contribution in [3.05, 3.63) is 42.5 Å². The molecule has 2 rings (SSSR count). The first-order valence-corrected chi connectivity index (χ1v) is 7.12. The lowest BCUT2D eigenvalue weighted by Crippen LogP contribution is -2.44. The molecular weight excluding hydrogens is 250 g/mol. The van der Waals surface area contributed by atoms with Crippen LogP contribution in [0.5, 0.6) is 0 Å². The van der Waals surface area contributed by atoms with E-state index in [-0.39, 0.29) is 5.91 Å². The minimum Gasteiger partial charge on any atom is -0.369 e. The molecule has 0 aromatic heterocycles. The Balaban J connectivity index is 1.83. The van der Waals surface area contributed by atoms with Crippen molar-refractivity contribution < 1.29 is 4.79 Å². The van der Waals surface area contributed by atoms with Crippen molar-refractivity contribution in [2.75, 3.05) is 44.7 Å². The number of likely N-dealkylation sites (N-methyl/N-ethyl adjacent to an activating group) is 1. The zero-order valence-electron chi connectivity index (χ0n) is 12.1. The molecule has 4 heteroatoms. The summed E-state index contributed by atoms with van der Waals surface area (Å²) in [5.41, 5.74) is 2.53. The summed E-state index contributed by atoms with van der Waals surface area (Å²) in [7, 11) is 2.16. The zero-order valence-corrected chi connectivity index (χ0v) is 12.1. The first-order chi connectivity index (χ1) is 9.69. The Morgan fingerprint density at radius 3 is 2.50 bits per heavy atom. The standard InChI is InChI=1S/C16H23N3O/c1-3-16(20)17-9-8-14-4-6-15(7-5-14)19-12-10-18(2)11-13-19/h3-7H,1,8-13H2,2H3,(H,17,20). The third-order valence-electron chi connectivity index (χ3n) is 3.70. The van der Waals surface area contributed by atoms with Gasteiger partial charge < -0.3 is 15.1 Å². The Hall–Kier alpha value is -1.81. The highest BCUT2D eigenvalue weighted by molar-refractivity contribution is 5.86. The molecule has 1 fully saturated rings. The lowest BCUT2D eigenvalue weighted by atomic mass is 10.1. The average Bonchev–Trinajstić information content (AvgIpc) is 2.48. The summed E-state index contributed by atoms with van der Waals surface area (Å²) in [6, 6.07) is 8.65. The van der Waals surface area contributed by atoms with E-state index in [1.165, 1.54) is 17.3 Å². The van der Waals surface area contributed by atoms with Crippen LogP contribution in [0.15, 0.2) is 36.9 Å². The lowest BCUT2D eigenvalue weighted by Gasteiger charge is -2.34. The van der Waals surface area contributed by atoms with Crippen molar-refractivity contribution in [2.45, 2.75) is 6.42 Å². The minimum absolute atomic E-state index is 0.112. The number of anilines is 1. The molecule has 20 heavy (non-hydrogen) atoms. The van der Waals surface area contributed by atoms with E-state index in [1.807, 2.05) is 0 Å². The highest BCUT2D eigenvalue weighted by Crippen LogP contribution is 2.17. The van der Waals surface area contributed by atoms with Crippen LogP contribution in [0.1, 0.15) is 5.56 Å². The molecule has 1 N–H and O–H groups in total. The summed E-state index contributed by atoms with van der Waals surface area (Å²) in [6.45, 7) is 8.50. The molecule has 0 aliphatic carbocycles. The largest absolute Gasteiger partial charge is 0.369 e. The monoisotopic (exact) mass is 273 g/mol. The van der Waals surface area contributed by atoms with Gasteiger partial charge in [0.1, 0.15) is 0 Å². The van der Waals surface area contributed by atoms with Crippen LogP contribution in [-0.4, -0.2) is 50.6 Å². The molecule has 1 aromatic rings. The SMILES string of the molecule is C=CC(=O)NCCc1ccc(N2CCN(C)CC2)cc1. The van der Waals surface area contributed by atoms with Crippen LogP contribution in [0, 0.1) is 0 Å². The quantitative estimate of drug-likeness (QED) is 0.821. The van der Waals surface area contributed by atoms with Crippen molar-refractivity contribution in [1.29, 1.82) is 0 Å². The first kappa shape index (κ1) is 14.6. The number of benzene rings is 1. The molecule has 1 aliphatic heterocycles.